The Kier molecular flexibility index (Phi) is 4.43. The first-order valence-electron chi connectivity index (χ1n) is 7.74. The summed E-state index contributed by atoms with van der Waals surface area (Å²) in [5.74, 6) is 0.739. The average Bonchev–Trinajstić information content (AvgIpc) is 2.90. The fourth-order valence-corrected chi connectivity index (χ4v) is 4.23. The number of carbonyl (C=O) groups is 1. The van der Waals surface area contributed by atoms with Crippen molar-refractivity contribution in [3.05, 3.63) is 17.7 Å². The van der Waals surface area contributed by atoms with Crippen LogP contribution in [0.1, 0.15) is 24.5 Å². The van der Waals surface area contributed by atoms with Crippen LogP contribution >= 0.6 is 0 Å². The third kappa shape index (κ3) is 3.41. The number of nitrogens with zero attached hydrogens (tertiary/aromatic N) is 4. The van der Waals surface area contributed by atoms with E-state index in [1.807, 2.05) is 17.7 Å². The SMILES string of the molecule is C[C@@H]1c2nc(CC(=O)N3CCOCC3)cn2CCN1S(C)(=O)=O. The van der Waals surface area contributed by atoms with Crippen molar-refractivity contribution in [1.82, 2.24) is 18.8 Å². The van der Waals surface area contributed by atoms with Crippen LogP contribution in [0.15, 0.2) is 6.20 Å². The fraction of sp³-hybridized carbons (Fsp3) is 0.714. The molecule has 1 aromatic heterocycles. The maximum atomic E-state index is 12.3. The van der Waals surface area contributed by atoms with Crippen molar-refractivity contribution in [3.8, 4) is 0 Å². The molecular weight excluding hydrogens is 320 g/mol. The van der Waals surface area contributed by atoms with E-state index in [-0.39, 0.29) is 18.4 Å². The predicted molar refractivity (Wildman–Crippen MR) is 83.3 cm³/mol. The number of rotatable bonds is 3. The van der Waals surface area contributed by atoms with E-state index in [1.54, 1.807) is 4.90 Å². The number of imidazole rings is 1. The second kappa shape index (κ2) is 6.21. The summed E-state index contributed by atoms with van der Waals surface area (Å²) < 4.78 is 32.3. The first kappa shape index (κ1) is 16.4. The lowest BCUT2D eigenvalue weighted by molar-refractivity contribution is -0.134. The van der Waals surface area contributed by atoms with Gasteiger partial charge in [-0.2, -0.15) is 4.31 Å². The van der Waals surface area contributed by atoms with Gasteiger partial charge in [0, 0.05) is 32.4 Å². The number of morpholine rings is 1. The lowest BCUT2D eigenvalue weighted by Crippen LogP contribution is -2.41. The van der Waals surface area contributed by atoms with Crippen molar-refractivity contribution in [2.45, 2.75) is 25.9 Å². The van der Waals surface area contributed by atoms with Gasteiger partial charge in [0.1, 0.15) is 5.82 Å². The Morgan fingerprint density at radius 1 is 1.30 bits per heavy atom. The van der Waals surface area contributed by atoms with E-state index < -0.39 is 10.0 Å². The van der Waals surface area contributed by atoms with Crippen LogP contribution in [0, 0.1) is 0 Å². The van der Waals surface area contributed by atoms with Crippen LogP contribution in [-0.4, -0.2) is 72.2 Å². The number of hydrogen-bond acceptors (Lipinski definition) is 5. The number of ether oxygens (including phenoxy) is 1. The van der Waals surface area contributed by atoms with Gasteiger partial charge < -0.3 is 14.2 Å². The van der Waals surface area contributed by atoms with Crippen LogP contribution in [-0.2, 0) is 32.5 Å². The Morgan fingerprint density at radius 2 is 2.00 bits per heavy atom. The molecule has 1 saturated heterocycles. The van der Waals surface area contributed by atoms with Crippen molar-refractivity contribution < 1.29 is 17.9 Å². The summed E-state index contributed by atoms with van der Waals surface area (Å²) in [4.78, 5) is 18.6. The zero-order valence-corrected chi connectivity index (χ0v) is 14.3. The summed E-state index contributed by atoms with van der Waals surface area (Å²) in [6.07, 6.45) is 3.32. The number of fused-ring (bicyclic) bond motifs is 1. The Hall–Kier alpha value is -1.45. The Bertz CT molecular complexity index is 694. The second-order valence-corrected chi connectivity index (χ2v) is 7.94. The molecule has 128 valence electrons. The highest BCUT2D eigenvalue weighted by Gasteiger charge is 2.32. The number of sulfonamides is 1. The monoisotopic (exact) mass is 342 g/mol. The van der Waals surface area contributed by atoms with Gasteiger partial charge in [-0.1, -0.05) is 0 Å². The summed E-state index contributed by atoms with van der Waals surface area (Å²) in [7, 11) is -3.26. The lowest BCUT2D eigenvalue weighted by atomic mass is 10.2. The van der Waals surface area contributed by atoms with E-state index in [9.17, 15) is 13.2 Å². The Balaban J connectivity index is 1.74. The molecule has 23 heavy (non-hydrogen) atoms. The molecule has 1 fully saturated rings. The maximum Gasteiger partial charge on any atom is 0.228 e. The molecule has 9 heteroatoms. The van der Waals surface area contributed by atoms with Gasteiger partial charge in [0.15, 0.2) is 0 Å². The molecule has 0 saturated carbocycles. The minimum atomic E-state index is -3.26. The van der Waals surface area contributed by atoms with E-state index in [0.29, 0.717) is 50.9 Å². The highest BCUT2D eigenvalue weighted by Crippen LogP contribution is 2.26. The molecule has 0 spiro atoms. The lowest BCUT2D eigenvalue weighted by Gasteiger charge is -2.31. The summed E-state index contributed by atoms with van der Waals surface area (Å²) in [5.41, 5.74) is 0.693. The highest BCUT2D eigenvalue weighted by atomic mass is 32.2. The molecular formula is C14H22N4O4S. The van der Waals surface area contributed by atoms with Crippen LogP contribution in [0.25, 0.3) is 0 Å². The van der Waals surface area contributed by atoms with Gasteiger partial charge in [0.05, 0.1) is 37.6 Å². The molecule has 0 bridgehead atoms. The van der Waals surface area contributed by atoms with E-state index in [0.717, 1.165) is 0 Å². The number of amides is 1. The van der Waals surface area contributed by atoms with Crippen LogP contribution < -0.4 is 0 Å². The van der Waals surface area contributed by atoms with Crippen molar-refractivity contribution >= 4 is 15.9 Å². The van der Waals surface area contributed by atoms with Crippen molar-refractivity contribution in [2.24, 2.45) is 0 Å². The van der Waals surface area contributed by atoms with Gasteiger partial charge in [-0.25, -0.2) is 13.4 Å². The average molecular weight is 342 g/mol. The van der Waals surface area contributed by atoms with Crippen molar-refractivity contribution in [2.75, 3.05) is 39.1 Å². The molecule has 2 aliphatic rings. The van der Waals surface area contributed by atoms with Gasteiger partial charge in [-0.3, -0.25) is 4.79 Å². The van der Waals surface area contributed by atoms with Crippen molar-refractivity contribution in [1.29, 1.82) is 0 Å². The third-order valence-corrected chi connectivity index (χ3v) is 5.70. The smallest absolute Gasteiger partial charge is 0.228 e. The normalized spacial score (nSPS) is 22.9. The standard InChI is InChI=1S/C14H22N4O4S/c1-11-14-15-12(9-13(19)16-5-7-22-8-6-16)10-17(14)3-4-18(11)23(2,20)21/h10-11H,3-9H2,1-2H3/t11-/m1/s1. The van der Waals surface area contributed by atoms with E-state index in [2.05, 4.69) is 4.98 Å². The predicted octanol–water partition coefficient (Wildman–Crippen LogP) is -0.379. The third-order valence-electron chi connectivity index (χ3n) is 4.35. The highest BCUT2D eigenvalue weighted by molar-refractivity contribution is 7.88. The van der Waals surface area contributed by atoms with Crippen LogP contribution in [0.2, 0.25) is 0 Å². The van der Waals surface area contributed by atoms with E-state index in [1.165, 1.54) is 10.6 Å². The molecule has 0 aliphatic carbocycles. The van der Waals surface area contributed by atoms with Gasteiger partial charge in [0.25, 0.3) is 0 Å². The molecule has 3 rings (SSSR count). The largest absolute Gasteiger partial charge is 0.378 e. The van der Waals surface area contributed by atoms with E-state index in [4.69, 9.17) is 4.74 Å². The molecule has 1 amide bonds. The summed E-state index contributed by atoms with van der Waals surface area (Å²) in [6.45, 7) is 5.20. The van der Waals surface area contributed by atoms with Gasteiger partial charge >= 0.3 is 0 Å². The minimum Gasteiger partial charge on any atom is -0.378 e. The number of hydrogen-bond donors (Lipinski definition) is 0. The van der Waals surface area contributed by atoms with Gasteiger partial charge in [0.2, 0.25) is 15.9 Å². The molecule has 0 N–H and O–H groups in total. The fourth-order valence-electron chi connectivity index (χ4n) is 3.15. The summed E-state index contributed by atoms with van der Waals surface area (Å²) >= 11 is 0. The molecule has 8 nitrogen and oxygen atoms in total. The van der Waals surface area contributed by atoms with Crippen LogP contribution in [0.5, 0.6) is 0 Å². The van der Waals surface area contributed by atoms with Gasteiger partial charge in [-0.05, 0) is 6.92 Å². The molecule has 1 atom stereocenters. The molecule has 3 heterocycles. The minimum absolute atomic E-state index is 0.0383. The Labute approximate surface area is 136 Å². The summed E-state index contributed by atoms with van der Waals surface area (Å²) in [5, 5.41) is 0. The Morgan fingerprint density at radius 3 is 2.65 bits per heavy atom. The first-order chi connectivity index (χ1) is 10.9. The zero-order chi connectivity index (χ0) is 16.6. The van der Waals surface area contributed by atoms with E-state index >= 15 is 0 Å². The second-order valence-electron chi connectivity index (χ2n) is 6.00. The molecule has 0 radical (unpaired) electrons. The van der Waals surface area contributed by atoms with Gasteiger partial charge in [-0.15, -0.1) is 0 Å². The topological polar surface area (TPSA) is 84.7 Å². The number of carbonyl (C=O) groups excluding carboxylic acids is 1. The zero-order valence-electron chi connectivity index (χ0n) is 13.4. The number of aromatic nitrogens is 2. The van der Waals surface area contributed by atoms with Crippen LogP contribution in [0.4, 0.5) is 0 Å². The quantitative estimate of drug-likeness (QED) is 0.748. The maximum absolute atomic E-state index is 12.3. The molecule has 0 unspecified atom stereocenters. The molecule has 2 aliphatic heterocycles. The van der Waals surface area contributed by atoms with Crippen molar-refractivity contribution in [3.63, 3.8) is 0 Å². The molecule has 1 aromatic rings. The van der Waals surface area contributed by atoms with Crippen LogP contribution in [0.3, 0.4) is 0 Å². The summed E-state index contributed by atoms with van der Waals surface area (Å²) in [6, 6.07) is -0.314. The first-order valence-corrected chi connectivity index (χ1v) is 9.59. The molecule has 0 aromatic carbocycles.